The van der Waals surface area contributed by atoms with Crippen molar-refractivity contribution in [3.63, 3.8) is 0 Å². The predicted octanol–water partition coefficient (Wildman–Crippen LogP) is 5.81. The Morgan fingerprint density at radius 2 is 1.60 bits per heavy atom. The van der Waals surface area contributed by atoms with E-state index in [9.17, 15) is 0 Å². The van der Waals surface area contributed by atoms with Crippen LogP contribution in [-0.2, 0) is 5.41 Å². The number of hydrogen-bond donors (Lipinski definition) is 0. The fourth-order valence-electron chi connectivity index (χ4n) is 1.93. The lowest BCUT2D eigenvalue weighted by molar-refractivity contribution is 0.166. The van der Waals surface area contributed by atoms with Crippen LogP contribution >= 0.6 is 15.9 Å². The summed E-state index contributed by atoms with van der Waals surface area (Å²) in [5.41, 5.74) is 1.87. The molecule has 0 heterocycles. The highest BCUT2D eigenvalue weighted by atomic mass is 79.9. The van der Waals surface area contributed by atoms with Gasteiger partial charge in [0, 0.05) is 11.2 Å². The lowest BCUT2D eigenvalue weighted by Crippen LogP contribution is -2.27. The van der Waals surface area contributed by atoms with Crippen LogP contribution in [-0.4, -0.2) is 11.9 Å². The first-order valence-electron chi connectivity index (χ1n) is 7.50. The molecule has 0 aliphatic heterocycles. The first-order chi connectivity index (χ1) is 9.20. The van der Waals surface area contributed by atoms with Crippen LogP contribution in [0.2, 0.25) is 0 Å². The van der Waals surface area contributed by atoms with E-state index in [1.54, 1.807) is 0 Å². The molecule has 1 aromatic carbocycles. The largest absolute Gasteiger partial charge is 0.493 e. The highest BCUT2D eigenvalue weighted by Crippen LogP contribution is 2.30. The van der Waals surface area contributed by atoms with Crippen LogP contribution in [0.3, 0.4) is 0 Å². The van der Waals surface area contributed by atoms with Crippen LogP contribution in [0, 0.1) is 11.3 Å². The van der Waals surface area contributed by atoms with Gasteiger partial charge in [-0.2, -0.15) is 0 Å². The van der Waals surface area contributed by atoms with E-state index in [0.29, 0.717) is 5.92 Å². The van der Waals surface area contributed by atoms with Gasteiger partial charge in [-0.15, -0.1) is 0 Å². The molecule has 0 radical (unpaired) electrons. The Labute approximate surface area is 133 Å². The molecule has 1 rings (SSSR count). The Morgan fingerprint density at radius 1 is 1.05 bits per heavy atom. The van der Waals surface area contributed by atoms with Crippen LogP contribution in [0.4, 0.5) is 0 Å². The van der Waals surface area contributed by atoms with Crippen molar-refractivity contribution in [3.05, 3.63) is 29.8 Å². The van der Waals surface area contributed by atoms with Crippen LogP contribution < -0.4 is 4.74 Å². The molecular formula is C18H29BrO. The summed E-state index contributed by atoms with van der Waals surface area (Å²) >= 11 is 3.59. The third kappa shape index (κ3) is 4.80. The summed E-state index contributed by atoms with van der Waals surface area (Å²) < 4.78 is 5.96. The SMILES string of the molecule is CCC(C)(C)c1ccc(OCC(CBr)C(C)(C)C)cc1. The van der Waals surface area contributed by atoms with Crippen LogP contribution in [0.1, 0.15) is 53.5 Å². The van der Waals surface area contributed by atoms with Gasteiger partial charge in [-0.25, -0.2) is 0 Å². The molecule has 0 aliphatic carbocycles. The zero-order chi connectivity index (χ0) is 15.4. The zero-order valence-electron chi connectivity index (χ0n) is 13.8. The molecule has 2 heteroatoms. The minimum atomic E-state index is 0.238. The second kappa shape index (κ2) is 6.98. The van der Waals surface area contributed by atoms with Crippen molar-refractivity contribution in [2.24, 2.45) is 11.3 Å². The Morgan fingerprint density at radius 3 is 2.00 bits per heavy atom. The Balaban J connectivity index is 2.67. The van der Waals surface area contributed by atoms with Gasteiger partial charge in [0.1, 0.15) is 5.75 Å². The van der Waals surface area contributed by atoms with E-state index in [1.807, 2.05) is 0 Å². The first kappa shape index (κ1) is 17.6. The van der Waals surface area contributed by atoms with Gasteiger partial charge in [-0.05, 0) is 34.9 Å². The average molecular weight is 341 g/mol. The van der Waals surface area contributed by atoms with Crippen molar-refractivity contribution in [1.29, 1.82) is 0 Å². The number of benzene rings is 1. The third-order valence-electron chi connectivity index (χ3n) is 4.38. The Kier molecular flexibility index (Phi) is 6.12. The van der Waals surface area contributed by atoms with E-state index < -0.39 is 0 Å². The molecule has 0 N–H and O–H groups in total. The van der Waals surface area contributed by atoms with Crippen LogP contribution in [0.25, 0.3) is 0 Å². The standard InChI is InChI=1S/C18H29BrO/c1-7-18(5,6)14-8-10-16(11-9-14)20-13-15(12-19)17(2,3)4/h8-11,15H,7,12-13H2,1-6H3. The van der Waals surface area contributed by atoms with Crippen molar-refractivity contribution in [2.45, 2.75) is 53.4 Å². The molecule has 1 unspecified atom stereocenters. The minimum absolute atomic E-state index is 0.238. The first-order valence-corrected chi connectivity index (χ1v) is 8.62. The lowest BCUT2D eigenvalue weighted by atomic mass is 9.82. The van der Waals surface area contributed by atoms with Crippen molar-refractivity contribution < 1.29 is 4.74 Å². The molecule has 0 aromatic heterocycles. The second-order valence-corrected chi connectivity index (χ2v) is 7.94. The highest BCUT2D eigenvalue weighted by Gasteiger charge is 2.24. The predicted molar refractivity (Wildman–Crippen MR) is 92.0 cm³/mol. The van der Waals surface area contributed by atoms with Crippen molar-refractivity contribution >= 4 is 15.9 Å². The van der Waals surface area contributed by atoms with Crippen LogP contribution in [0.5, 0.6) is 5.75 Å². The van der Waals surface area contributed by atoms with E-state index in [2.05, 4.69) is 81.7 Å². The molecule has 1 aromatic rings. The minimum Gasteiger partial charge on any atom is -0.493 e. The van der Waals surface area contributed by atoms with E-state index in [-0.39, 0.29) is 10.8 Å². The second-order valence-electron chi connectivity index (χ2n) is 7.29. The summed E-state index contributed by atoms with van der Waals surface area (Å²) in [5, 5.41) is 0.970. The molecule has 0 amide bonds. The van der Waals surface area contributed by atoms with E-state index in [0.717, 1.165) is 24.1 Å². The summed E-state index contributed by atoms with van der Waals surface area (Å²) in [5.74, 6) is 1.48. The molecule has 0 aliphatic rings. The molecule has 0 saturated heterocycles. The molecular weight excluding hydrogens is 312 g/mol. The molecule has 0 spiro atoms. The van der Waals surface area contributed by atoms with Crippen molar-refractivity contribution in [3.8, 4) is 5.75 Å². The number of halogens is 1. The lowest BCUT2D eigenvalue weighted by Gasteiger charge is -2.29. The zero-order valence-corrected chi connectivity index (χ0v) is 15.4. The average Bonchev–Trinajstić information content (AvgIpc) is 2.38. The molecule has 0 saturated carbocycles. The molecule has 0 fully saturated rings. The fraction of sp³-hybridized carbons (Fsp3) is 0.667. The normalized spacial score (nSPS) is 14.2. The summed E-state index contributed by atoms with van der Waals surface area (Å²) in [7, 11) is 0. The smallest absolute Gasteiger partial charge is 0.119 e. The molecule has 114 valence electrons. The summed E-state index contributed by atoms with van der Waals surface area (Å²) in [6.07, 6.45) is 1.14. The van der Waals surface area contributed by atoms with Gasteiger partial charge in [-0.1, -0.05) is 69.6 Å². The number of ether oxygens (including phenoxy) is 1. The maximum atomic E-state index is 5.96. The third-order valence-corrected chi connectivity index (χ3v) is 5.16. The topological polar surface area (TPSA) is 9.23 Å². The molecule has 20 heavy (non-hydrogen) atoms. The fourth-order valence-corrected chi connectivity index (χ4v) is 3.09. The van der Waals surface area contributed by atoms with E-state index in [1.165, 1.54) is 5.56 Å². The van der Waals surface area contributed by atoms with Gasteiger partial charge in [0.15, 0.2) is 0 Å². The van der Waals surface area contributed by atoms with E-state index in [4.69, 9.17) is 4.74 Å². The molecule has 1 nitrogen and oxygen atoms in total. The maximum absolute atomic E-state index is 5.96. The van der Waals surface area contributed by atoms with Crippen LogP contribution in [0.15, 0.2) is 24.3 Å². The number of alkyl halides is 1. The van der Waals surface area contributed by atoms with E-state index >= 15 is 0 Å². The summed E-state index contributed by atoms with van der Waals surface area (Å²) in [6.45, 7) is 14.3. The van der Waals surface area contributed by atoms with Gasteiger partial charge in [0.25, 0.3) is 0 Å². The van der Waals surface area contributed by atoms with Gasteiger partial charge < -0.3 is 4.74 Å². The quantitative estimate of drug-likeness (QED) is 0.593. The van der Waals surface area contributed by atoms with Gasteiger partial charge >= 0.3 is 0 Å². The van der Waals surface area contributed by atoms with Gasteiger partial charge in [0.05, 0.1) is 6.61 Å². The Hall–Kier alpha value is -0.500. The summed E-state index contributed by atoms with van der Waals surface area (Å²) in [6, 6.07) is 8.58. The Bertz CT molecular complexity index is 400. The monoisotopic (exact) mass is 340 g/mol. The van der Waals surface area contributed by atoms with Crippen molar-refractivity contribution in [1.82, 2.24) is 0 Å². The number of rotatable bonds is 6. The molecule has 0 bridgehead atoms. The number of hydrogen-bond acceptors (Lipinski definition) is 1. The summed E-state index contributed by atoms with van der Waals surface area (Å²) in [4.78, 5) is 0. The van der Waals surface area contributed by atoms with Crippen molar-refractivity contribution in [2.75, 3.05) is 11.9 Å². The highest BCUT2D eigenvalue weighted by molar-refractivity contribution is 9.09. The van der Waals surface area contributed by atoms with Gasteiger partial charge in [-0.3, -0.25) is 0 Å². The maximum Gasteiger partial charge on any atom is 0.119 e. The van der Waals surface area contributed by atoms with Gasteiger partial charge in [0.2, 0.25) is 0 Å². The molecule has 1 atom stereocenters.